The smallest absolute Gasteiger partial charge is 0.243 e. The molecule has 2 aliphatic rings. The van der Waals surface area contributed by atoms with E-state index in [1.807, 2.05) is 18.2 Å². The number of aromatic nitrogens is 1. The summed E-state index contributed by atoms with van der Waals surface area (Å²) in [7, 11) is -2.04. The van der Waals surface area contributed by atoms with E-state index >= 15 is 0 Å². The fourth-order valence-electron chi connectivity index (χ4n) is 4.71. The van der Waals surface area contributed by atoms with Gasteiger partial charge in [-0.25, -0.2) is 13.4 Å². The molecule has 2 fully saturated rings. The number of hydrogen-bond acceptors (Lipinski definition) is 7. The number of amides is 1. The van der Waals surface area contributed by atoms with Crippen molar-refractivity contribution in [1.82, 2.24) is 9.29 Å². The zero-order chi connectivity index (χ0) is 24.4. The van der Waals surface area contributed by atoms with Gasteiger partial charge in [-0.3, -0.25) is 9.69 Å². The highest BCUT2D eigenvalue weighted by Gasteiger charge is 2.37. The number of ether oxygens (including phenoxy) is 2. The summed E-state index contributed by atoms with van der Waals surface area (Å²) in [5.74, 6) is 0.198. The lowest BCUT2D eigenvalue weighted by molar-refractivity contribution is -0.123. The molecule has 3 heterocycles. The third kappa shape index (κ3) is 5.06. The first-order valence-electron chi connectivity index (χ1n) is 11.9. The Labute approximate surface area is 209 Å². The van der Waals surface area contributed by atoms with E-state index in [9.17, 15) is 13.2 Å². The molecule has 8 nitrogen and oxygen atoms in total. The molecular formula is C25H29N3O5S2. The standard InChI is InChI=1S/C25H29N3O5S2/c1-32-19-11-12-22-23(15-19)34-25(26-22)28(17-20-8-6-14-33-20)24(29)18-7-5-13-27(16-18)35(30,31)21-9-3-2-4-10-21/h2-4,9-12,15,18,20H,5-8,13-14,16-17H2,1H3. The Hall–Kier alpha value is -2.53. The predicted molar refractivity (Wildman–Crippen MR) is 135 cm³/mol. The fraction of sp³-hybridized carbons (Fsp3) is 0.440. The number of nitrogens with zero attached hydrogens (tertiary/aromatic N) is 3. The molecule has 2 unspecified atom stereocenters. The highest BCUT2D eigenvalue weighted by molar-refractivity contribution is 7.89. The minimum atomic E-state index is -3.66. The second kappa shape index (κ2) is 10.2. The molecule has 0 saturated carbocycles. The van der Waals surface area contributed by atoms with Crippen LogP contribution >= 0.6 is 11.3 Å². The number of methoxy groups -OCH3 is 1. The normalized spacial score (nSPS) is 21.3. The lowest BCUT2D eigenvalue weighted by Gasteiger charge is -2.34. The molecule has 2 aromatic carbocycles. The maximum absolute atomic E-state index is 13.9. The van der Waals surface area contributed by atoms with Gasteiger partial charge in [-0.05, 0) is 56.0 Å². The first-order chi connectivity index (χ1) is 17.0. The number of carbonyl (C=O) groups excluding carboxylic acids is 1. The molecule has 2 atom stereocenters. The van der Waals surface area contributed by atoms with Crippen molar-refractivity contribution in [2.75, 3.05) is 38.3 Å². The van der Waals surface area contributed by atoms with Crippen molar-refractivity contribution in [3.05, 3.63) is 48.5 Å². The molecule has 2 aliphatic heterocycles. The molecule has 2 saturated heterocycles. The topological polar surface area (TPSA) is 89.0 Å². The zero-order valence-electron chi connectivity index (χ0n) is 19.6. The molecule has 0 N–H and O–H groups in total. The van der Waals surface area contributed by atoms with Gasteiger partial charge in [-0.15, -0.1) is 0 Å². The minimum Gasteiger partial charge on any atom is -0.497 e. The number of benzene rings is 2. The summed E-state index contributed by atoms with van der Waals surface area (Å²) in [5.41, 5.74) is 0.799. The Kier molecular flexibility index (Phi) is 7.06. The van der Waals surface area contributed by atoms with Crippen LogP contribution in [0, 0.1) is 5.92 Å². The van der Waals surface area contributed by atoms with Gasteiger partial charge in [0.2, 0.25) is 15.9 Å². The van der Waals surface area contributed by atoms with Crippen LogP contribution in [0.5, 0.6) is 5.75 Å². The van der Waals surface area contributed by atoms with Crippen LogP contribution in [0.1, 0.15) is 25.7 Å². The second-order valence-electron chi connectivity index (χ2n) is 8.93. The maximum atomic E-state index is 13.9. The van der Waals surface area contributed by atoms with Crippen molar-refractivity contribution in [3.8, 4) is 5.75 Å². The summed E-state index contributed by atoms with van der Waals surface area (Å²) >= 11 is 1.44. The first-order valence-corrected chi connectivity index (χ1v) is 14.1. The second-order valence-corrected chi connectivity index (χ2v) is 11.9. The zero-order valence-corrected chi connectivity index (χ0v) is 21.3. The Morgan fingerprint density at radius 1 is 1.20 bits per heavy atom. The molecule has 0 bridgehead atoms. The van der Waals surface area contributed by atoms with Crippen LogP contribution in [-0.2, 0) is 19.6 Å². The number of fused-ring (bicyclic) bond motifs is 1. The fourth-order valence-corrected chi connectivity index (χ4v) is 7.27. The van der Waals surface area contributed by atoms with Gasteiger partial charge in [0.25, 0.3) is 0 Å². The van der Waals surface area contributed by atoms with Crippen molar-refractivity contribution >= 4 is 42.6 Å². The number of carbonyl (C=O) groups is 1. The van der Waals surface area contributed by atoms with Crippen molar-refractivity contribution in [3.63, 3.8) is 0 Å². The van der Waals surface area contributed by atoms with Crippen molar-refractivity contribution < 1.29 is 22.7 Å². The van der Waals surface area contributed by atoms with Gasteiger partial charge in [-0.1, -0.05) is 29.5 Å². The Morgan fingerprint density at radius 2 is 2.03 bits per heavy atom. The van der Waals surface area contributed by atoms with Gasteiger partial charge < -0.3 is 9.47 Å². The lowest BCUT2D eigenvalue weighted by Crippen LogP contribution is -2.48. The largest absolute Gasteiger partial charge is 0.497 e. The van der Waals surface area contributed by atoms with Crippen molar-refractivity contribution in [2.24, 2.45) is 5.92 Å². The van der Waals surface area contributed by atoms with E-state index in [0.29, 0.717) is 37.7 Å². The molecule has 3 aromatic rings. The SMILES string of the molecule is COc1ccc2nc(N(CC3CCCO3)C(=O)C3CCCN(S(=O)(=O)c4ccccc4)C3)sc2c1. The Morgan fingerprint density at radius 3 is 2.77 bits per heavy atom. The Balaban J connectivity index is 1.42. The number of piperidine rings is 1. The molecule has 0 spiro atoms. The number of thiazole rings is 1. The van der Waals surface area contributed by atoms with Crippen molar-refractivity contribution in [2.45, 2.75) is 36.7 Å². The lowest BCUT2D eigenvalue weighted by atomic mass is 9.98. The quantitative estimate of drug-likeness (QED) is 0.474. The van der Waals surface area contributed by atoms with Crippen LogP contribution in [0.4, 0.5) is 5.13 Å². The average Bonchev–Trinajstić information content (AvgIpc) is 3.56. The molecule has 0 radical (unpaired) electrons. The van der Waals surface area contributed by atoms with E-state index in [4.69, 9.17) is 14.5 Å². The third-order valence-electron chi connectivity index (χ3n) is 6.61. The van der Waals surface area contributed by atoms with E-state index in [-0.39, 0.29) is 23.5 Å². The van der Waals surface area contributed by atoms with Gasteiger partial charge in [0.05, 0.1) is 40.8 Å². The summed E-state index contributed by atoms with van der Waals surface area (Å²) < 4.78 is 40.0. The van der Waals surface area contributed by atoms with Crippen LogP contribution in [0.2, 0.25) is 0 Å². The van der Waals surface area contributed by atoms with Crippen LogP contribution in [0.15, 0.2) is 53.4 Å². The molecule has 35 heavy (non-hydrogen) atoms. The van der Waals surface area contributed by atoms with Crippen LogP contribution < -0.4 is 9.64 Å². The average molecular weight is 516 g/mol. The van der Waals surface area contributed by atoms with Gasteiger partial charge >= 0.3 is 0 Å². The summed E-state index contributed by atoms with van der Waals surface area (Å²) in [6.07, 6.45) is 3.08. The highest BCUT2D eigenvalue weighted by Crippen LogP contribution is 2.34. The van der Waals surface area contributed by atoms with Gasteiger partial charge in [0.15, 0.2) is 5.13 Å². The van der Waals surface area contributed by atoms with E-state index in [2.05, 4.69) is 0 Å². The molecule has 0 aliphatic carbocycles. The number of anilines is 1. The van der Waals surface area contributed by atoms with Gasteiger partial charge in [0, 0.05) is 19.7 Å². The molecule has 186 valence electrons. The maximum Gasteiger partial charge on any atom is 0.243 e. The number of hydrogen-bond donors (Lipinski definition) is 0. The van der Waals surface area contributed by atoms with Crippen molar-refractivity contribution in [1.29, 1.82) is 0 Å². The van der Waals surface area contributed by atoms with E-state index in [0.717, 1.165) is 28.8 Å². The first kappa shape index (κ1) is 24.2. The molecule has 10 heteroatoms. The number of sulfonamides is 1. The summed E-state index contributed by atoms with van der Waals surface area (Å²) in [5, 5.41) is 0.608. The van der Waals surface area contributed by atoms with Gasteiger partial charge in [-0.2, -0.15) is 4.31 Å². The van der Waals surface area contributed by atoms with Crippen LogP contribution in [0.3, 0.4) is 0 Å². The van der Waals surface area contributed by atoms with E-state index < -0.39 is 15.9 Å². The summed E-state index contributed by atoms with van der Waals surface area (Å²) in [6, 6.07) is 14.1. The Bertz CT molecular complexity index is 1290. The highest BCUT2D eigenvalue weighted by atomic mass is 32.2. The molecule has 1 aromatic heterocycles. The van der Waals surface area contributed by atoms with E-state index in [1.165, 1.54) is 15.6 Å². The molecule has 1 amide bonds. The van der Waals surface area contributed by atoms with Crippen LogP contribution in [-0.4, -0.2) is 63.1 Å². The monoisotopic (exact) mass is 515 g/mol. The summed E-state index contributed by atoms with van der Waals surface area (Å²) in [4.78, 5) is 20.6. The minimum absolute atomic E-state index is 0.0479. The summed E-state index contributed by atoms with van der Waals surface area (Å²) in [6.45, 7) is 1.68. The third-order valence-corrected chi connectivity index (χ3v) is 9.53. The van der Waals surface area contributed by atoms with Gasteiger partial charge in [0.1, 0.15) is 5.75 Å². The predicted octanol–water partition coefficient (Wildman–Crippen LogP) is 3.92. The molecule has 5 rings (SSSR count). The van der Waals surface area contributed by atoms with Crippen LogP contribution in [0.25, 0.3) is 10.2 Å². The number of rotatable bonds is 7. The van der Waals surface area contributed by atoms with E-state index in [1.54, 1.807) is 42.3 Å². The molecular weight excluding hydrogens is 486 g/mol.